The van der Waals surface area contributed by atoms with Crippen molar-refractivity contribution >= 4 is 28.3 Å². The predicted molar refractivity (Wildman–Crippen MR) is 89.2 cm³/mol. The number of ketones is 2. The highest BCUT2D eigenvalue weighted by atomic mass is 16.4. The molecule has 0 aliphatic rings. The van der Waals surface area contributed by atoms with Crippen molar-refractivity contribution in [3.8, 4) is 0 Å². The van der Waals surface area contributed by atoms with Crippen LogP contribution in [0.25, 0.3) is 10.8 Å². The van der Waals surface area contributed by atoms with E-state index in [-0.39, 0.29) is 27.8 Å². The third-order valence-corrected chi connectivity index (χ3v) is 3.51. The number of carbonyl (C=O) groups is 3. The molecule has 1 N–H and O–H groups in total. The van der Waals surface area contributed by atoms with E-state index in [1.54, 1.807) is 24.3 Å². The zero-order chi connectivity index (χ0) is 17.3. The van der Waals surface area contributed by atoms with E-state index in [0.717, 1.165) is 0 Å². The molecule has 0 fully saturated rings. The summed E-state index contributed by atoms with van der Waals surface area (Å²) in [7, 11) is 0. The summed E-state index contributed by atoms with van der Waals surface area (Å²) in [6.45, 7) is 10.2. The first-order valence-corrected chi connectivity index (χ1v) is 6.95. The van der Waals surface area contributed by atoms with E-state index >= 15 is 0 Å². The minimum Gasteiger partial charge on any atom is -0.478 e. The zero-order valence-electron chi connectivity index (χ0n) is 13.0. The van der Waals surface area contributed by atoms with Crippen molar-refractivity contribution in [1.82, 2.24) is 0 Å². The first kappa shape index (κ1) is 16.4. The van der Waals surface area contributed by atoms with E-state index in [9.17, 15) is 19.5 Å². The monoisotopic (exact) mass is 308 g/mol. The number of carbonyl (C=O) groups excluding carboxylic acids is 2. The molecule has 4 nitrogen and oxygen atoms in total. The molecule has 116 valence electrons. The summed E-state index contributed by atoms with van der Waals surface area (Å²) in [4.78, 5) is 36.7. The molecule has 0 aromatic heterocycles. The number of benzene rings is 2. The van der Waals surface area contributed by atoms with Gasteiger partial charge in [0.1, 0.15) is 0 Å². The average molecular weight is 308 g/mol. The van der Waals surface area contributed by atoms with Gasteiger partial charge in [-0.25, -0.2) is 4.79 Å². The van der Waals surface area contributed by atoms with E-state index in [4.69, 9.17) is 0 Å². The van der Waals surface area contributed by atoms with Crippen molar-refractivity contribution in [2.75, 3.05) is 0 Å². The van der Waals surface area contributed by atoms with Crippen LogP contribution in [-0.4, -0.2) is 22.6 Å². The number of hydrogen-bond acceptors (Lipinski definition) is 3. The standard InChI is InChI=1S/C19H16O4/c1-10(2)17(20)14-9-12-7-5-6-8-13(12)16(19(22)23)15(14)18(21)11(3)4/h5-9H,1,3H2,2,4H3,(H,22,23). The quantitative estimate of drug-likeness (QED) is 0.668. The van der Waals surface area contributed by atoms with Crippen LogP contribution in [0.4, 0.5) is 0 Å². The Balaban J connectivity index is 3.04. The summed E-state index contributed by atoms with van der Waals surface area (Å²) in [5.41, 5.74) is 0.130. The number of hydrogen-bond donors (Lipinski definition) is 1. The molecule has 2 aromatic rings. The van der Waals surface area contributed by atoms with Crippen LogP contribution in [0.5, 0.6) is 0 Å². The highest BCUT2D eigenvalue weighted by molar-refractivity contribution is 6.25. The lowest BCUT2D eigenvalue weighted by Crippen LogP contribution is -2.17. The summed E-state index contributed by atoms with van der Waals surface area (Å²) in [6, 6.07) is 8.28. The van der Waals surface area contributed by atoms with Gasteiger partial charge in [-0.05, 0) is 41.8 Å². The zero-order valence-corrected chi connectivity index (χ0v) is 13.0. The number of allylic oxidation sites excluding steroid dienone is 2. The molecule has 0 unspecified atom stereocenters. The molecule has 0 aliphatic carbocycles. The fraction of sp³-hybridized carbons (Fsp3) is 0.105. The summed E-state index contributed by atoms with van der Waals surface area (Å²) < 4.78 is 0. The van der Waals surface area contributed by atoms with Gasteiger partial charge in [0, 0.05) is 11.1 Å². The average Bonchev–Trinajstić information content (AvgIpc) is 2.50. The lowest BCUT2D eigenvalue weighted by atomic mass is 9.87. The fourth-order valence-corrected chi connectivity index (χ4v) is 2.43. The number of aromatic carboxylic acids is 1. The number of carboxylic acids is 1. The minimum atomic E-state index is -1.26. The number of Topliss-reactive ketones (excluding diaryl/α,β-unsaturated/α-hetero) is 2. The van der Waals surface area contributed by atoms with Crippen LogP contribution in [0.3, 0.4) is 0 Å². The smallest absolute Gasteiger partial charge is 0.337 e. The van der Waals surface area contributed by atoms with Crippen LogP contribution in [0.15, 0.2) is 54.6 Å². The summed E-state index contributed by atoms with van der Waals surface area (Å²) in [6.07, 6.45) is 0. The van der Waals surface area contributed by atoms with Crippen LogP contribution in [-0.2, 0) is 0 Å². The molecule has 0 aliphatic heterocycles. The van der Waals surface area contributed by atoms with Crippen LogP contribution in [0.1, 0.15) is 44.9 Å². The summed E-state index contributed by atoms with van der Waals surface area (Å²) in [5.74, 6) is -2.28. The largest absolute Gasteiger partial charge is 0.478 e. The Hall–Kier alpha value is -3.01. The van der Waals surface area contributed by atoms with Gasteiger partial charge >= 0.3 is 5.97 Å². The molecule has 0 amide bonds. The number of rotatable bonds is 5. The molecule has 0 bridgehead atoms. The summed E-state index contributed by atoms with van der Waals surface area (Å²) in [5, 5.41) is 10.6. The Bertz CT molecular complexity index is 888. The maximum absolute atomic E-state index is 12.5. The highest BCUT2D eigenvalue weighted by Crippen LogP contribution is 2.29. The minimum absolute atomic E-state index is 0.0431. The molecule has 0 atom stereocenters. The predicted octanol–water partition coefficient (Wildman–Crippen LogP) is 4.06. The maximum atomic E-state index is 12.5. The van der Waals surface area contributed by atoms with E-state index in [1.165, 1.54) is 19.9 Å². The third kappa shape index (κ3) is 2.83. The van der Waals surface area contributed by atoms with E-state index < -0.39 is 17.5 Å². The highest BCUT2D eigenvalue weighted by Gasteiger charge is 2.27. The summed E-state index contributed by atoms with van der Waals surface area (Å²) >= 11 is 0. The van der Waals surface area contributed by atoms with Crippen molar-refractivity contribution in [3.05, 3.63) is 71.3 Å². The van der Waals surface area contributed by atoms with E-state index in [0.29, 0.717) is 10.8 Å². The van der Waals surface area contributed by atoms with Crippen molar-refractivity contribution in [2.45, 2.75) is 13.8 Å². The molecule has 0 radical (unpaired) electrons. The second-order valence-electron chi connectivity index (χ2n) is 5.42. The van der Waals surface area contributed by atoms with Crippen molar-refractivity contribution in [3.63, 3.8) is 0 Å². The first-order chi connectivity index (χ1) is 10.8. The Kier molecular flexibility index (Phi) is 4.27. The molecule has 0 saturated heterocycles. The molecule has 4 heteroatoms. The Morgan fingerprint density at radius 3 is 2.00 bits per heavy atom. The Morgan fingerprint density at radius 2 is 1.48 bits per heavy atom. The van der Waals surface area contributed by atoms with Gasteiger partial charge < -0.3 is 5.11 Å². The Morgan fingerprint density at radius 1 is 0.913 bits per heavy atom. The van der Waals surface area contributed by atoms with Gasteiger partial charge in [-0.1, -0.05) is 37.4 Å². The van der Waals surface area contributed by atoms with E-state index in [1.807, 2.05) is 0 Å². The van der Waals surface area contributed by atoms with Gasteiger partial charge in [-0.2, -0.15) is 0 Å². The van der Waals surface area contributed by atoms with Gasteiger partial charge in [0.25, 0.3) is 0 Å². The lowest BCUT2D eigenvalue weighted by molar-refractivity contribution is 0.0695. The van der Waals surface area contributed by atoms with Gasteiger partial charge in [-0.3, -0.25) is 9.59 Å². The molecule has 0 spiro atoms. The van der Waals surface area contributed by atoms with Crippen molar-refractivity contribution < 1.29 is 19.5 Å². The van der Waals surface area contributed by atoms with Crippen molar-refractivity contribution in [1.29, 1.82) is 0 Å². The SMILES string of the molecule is C=C(C)C(=O)c1cc2ccccc2c(C(=O)O)c1C(=O)C(=C)C. The second-order valence-corrected chi connectivity index (χ2v) is 5.42. The van der Waals surface area contributed by atoms with Crippen molar-refractivity contribution in [2.24, 2.45) is 0 Å². The lowest BCUT2D eigenvalue weighted by Gasteiger charge is -2.14. The number of carboxylic acid groups (broad SMARTS) is 1. The molecule has 23 heavy (non-hydrogen) atoms. The normalized spacial score (nSPS) is 10.3. The van der Waals surface area contributed by atoms with Gasteiger partial charge in [0.05, 0.1) is 5.56 Å². The van der Waals surface area contributed by atoms with Gasteiger partial charge in [-0.15, -0.1) is 0 Å². The third-order valence-electron chi connectivity index (χ3n) is 3.51. The fourth-order valence-electron chi connectivity index (χ4n) is 2.43. The maximum Gasteiger partial charge on any atom is 0.337 e. The second kappa shape index (κ2) is 6.01. The molecular formula is C19H16O4. The van der Waals surface area contributed by atoms with Crippen LogP contribution >= 0.6 is 0 Å². The van der Waals surface area contributed by atoms with Crippen LogP contribution in [0.2, 0.25) is 0 Å². The van der Waals surface area contributed by atoms with Crippen LogP contribution in [0, 0.1) is 0 Å². The van der Waals surface area contributed by atoms with Gasteiger partial charge in [0.15, 0.2) is 11.6 Å². The molecule has 2 aromatic carbocycles. The Labute approximate surface area is 133 Å². The molecule has 2 rings (SSSR count). The molecule has 0 saturated carbocycles. The van der Waals surface area contributed by atoms with Crippen LogP contribution < -0.4 is 0 Å². The van der Waals surface area contributed by atoms with E-state index in [2.05, 4.69) is 13.2 Å². The molecular weight excluding hydrogens is 292 g/mol. The molecule has 0 heterocycles. The van der Waals surface area contributed by atoms with Gasteiger partial charge in [0.2, 0.25) is 0 Å². The first-order valence-electron chi connectivity index (χ1n) is 6.95. The number of fused-ring (bicyclic) bond motifs is 1. The topological polar surface area (TPSA) is 71.4 Å².